The minimum Gasteiger partial charge on any atom is -0.398 e. The molecule has 94 valence electrons. The molecule has 1 heterocycles. The monoisotopic (exact) mass is 258 g/mol. The summed E-state index contributed by atoms with van der Waals surface area (Å²) in [6.07, 6.45) is 2.52. The fourth-order valence-electron chi connectivity index (χ4n) is 1.18. The van der Waals surface area contributed by atoms with Crippen LogP contribution in [0.3, 0.4) is 0 Å². The number of nitrogens with one attached hydrogen (secondary N) is 2. The standard InChI is InChI=1S/C9H14N4O3S/c1-6(9(14)11-2)13-17(15,16)8-5-12-4-3-7(8)10/h3-6,13H,1-2H3,(H2,10,12)(H,11,14). The van der Waals surface area contributed by atoms with Crippen molar-refractivity contribution >= 4 is 21.6 Å². The summed E-state index contributed by atoms with van der Waals surface area (Å²) in [4.78, 5) is 14.8. The molecule has 1 amide bonds. The molecule has 0 aliphatic carbocycles. The lowest BCUT2D eigenvalue weighted by Gasteiger charge is -2.13. The Labute approximate surface area is 99.5 Å². The van der Waals surface area contributed by atoms with Crippen LogP contribution in [0.4, 0.5) is 5.69 Å². The van der Waals surface area contributed by atoms with Crippen molar-refractivity contribution in [1.82, 2.24) is 15.0 Å². The lowest BCUT2D eigenvalue weighted by atomic mass is 10.3. The SMILES string of the molecule is CNC(=O)C(C)NS(=O)(=O)c1cnccc1N. The molecule has 0 saturated carbocycles. The Balaban J connectivity index is 2.98. The summed E-state index contributed by atoms with van der Waals surface area (Å²) in [6, 6.07) is 0.490. The van der Waals surface area contributed by atoms with Crippen molar-refractivity contribution in [2.75, 3.05) is 12.8 Å². The fraction of sp³-hybridized carbons (Fsp3) is 0.333. The van der Waals surface area contributed by atoms with Crippen LogP contribution in [0.5, 0.6) is 0 Å². The van der Waals surface area contributed by atoms with Crippen molar-refractivity contribution in [3.8, 4) is 0 Å². The number of nitrogens with two attached hydrogens (primary N) is 1. The van der Waals surface area contributed by atoms with Gasteiger partial charge in [0.15, 0.2) is 0 Å². The number of anilines is 1. The number of carbonyl (C=O) groups is 1. The highest BCUT2D eigenvalue weighted by molar-refractivity contribution is 7.89. The number of amides is 1. The number of pyridine rings is 1. The molecule has 0 spiro atoms. The number of carbonyl (C=O) groups excluding carboxylic acids is 1. The van der Waals surface area contributed by atoms with Gasteiger partial charge in [-0.25, -0.2) is 8.42 Å². The molecule has 0 aliphatic heterocycles. The summed E-state index contributed by atoms with van der Waals surface area (Å²) in [5.41, 5.74) is 5.61. The predicted molar refractivity (Wildman–Crippen MR) is 62.5 cm³/mol. The first-order valence-electron chi connectivity index (χ1n) is 4.82. The molecule has 0 aromatic carbocycles. The van der Waals surface area contributed by atoms with Crippen molar-refractivity contribution in [1.29, 1.82) is 0 Å². The Bertz CT molecular complexity index is 515. The largest absolute Gasteiger partial charge is 0.398 e. The summed E-state index contributed by atoms with van der Waals surface area (Å²) >= 11 is 0. The summed E-state index contributed by atoms with van der Waals surface area (Å²) in [6.45, 7) is 1.43. The molecule has 7 nitrogen and oxygen atoms in total. The number of nitrogen functional groups attached to an aromatic ring is 1. The van der Waals surface area contributed by atoms with Gasteiger partial charge in [-0.3, -0.25) is 9.78 Å². The van der Waals surface area contributed by atoms with Crippen molar-refractivity contribution in [2.45, 2.75) is 17.9 Å². The van der Waals surface area contributed by atoms with E-state index < -0.39 is 22.0 Å². The molecular formula is C9H14N4O3S. The predicted octanol–water partition coefficient (Wildman–Crippen LogP) is -0.923. The Hall–Kier alpha value is -1.67. The second-order valence-corrected chi connectivity index (χ2v) is 5.05. The molecular weight excluding hydrogens is 244 g/mol. The Morgan fingerprint density at radius 3 is 2.71 bits per heavy atom. The topological polar surface area (TPSA) is 114 Å². The zero-order valence-electron chi connectivity index (χ0n) is 9.47. The molecule has 0 bridgehead atoms. The Kier molecular flexibility index (Phi) is 4.02. The van der Waals surface area contributed by atoms with Gasteiger partial charge in [-0.15, -0.1) is 0 Å². The third-order valence-corrected chi connectivity index (χ3v) is 3.66. The first-order valence-corrected chi connectivity index (χ1v) is 6.30. The number of rotatable bonds is 4. The molecule has 0 aliphatic rings. The molecule has 1 aromatic rings. The highest BCUT2D eigenvalue weighted by Gasteiger charge is 2.23. The average Bonchev–Trinajstić information content (AvgIpc) is 2.27. The van der Waals surface area contributed by atoms with Gasteiger partial charge in [0.2, 0.25) is 15.9 Å². The van der Waals surface area contributed by atoms with Crippen LogP contribution in [0.1, 0.15) is 6.92 Å². The van der Waals surface area contributed by atoms with E-state index in [0.717, 1.165) is 6.20 Å². The van der Waals surface area contributed by atoms with Gasteiger partial charge in [0, 0.05) is 19.4 Å². The third-order valence-electron chi connectivity index (χ3n) is 2.08. The first kappa shape index (κ1) is 13.4. The van der Waals surface area contributed by atoms with Crippen LogP contribution in [-0.4, -0.2) is 32.4 Å². The van der Waals surface area contributed by atoms with Crippen LogP contribution in [-0.2, 0) is 14.8 Å². The summed E-state index contributed by atoms with van der Waals surface area (Å²) in [5.74, 6) is -0.434. The summed E-state index contributed by atoms with van der Waals surface area (Å²) in [7, 11) is -2.42. The van der Waals surface area contributed by atoms with Crippen molar-refractivity contribution < 1.29 is 13.2 Å². The Morgan fingerprint density at radius 1 is 1.53 bits per heavy atom. The quantitative estimate of drug-likeness (QED) is 0.646. The van der Waals surface area contributed by atoms with E-state index in [0.29, 0.717) is 0 Å². The zero-order valence-corrected chi connectivity index (χ0v) is 10.3. The van der Waals surface area contributed by atoms with E-state index in [-0.39, 0.29) is 10.6 Å². The molecule has 1 unspecified atom stereocenters. The normalized spacial score (nSPS) is 13.1. The van der Waals surface area contributed by atoms with Crippen LogP contribution < -0.4 is 15.8 Å². The van der Waals surface area contributed by atoms with Gasteiger partial charge in [-0.1, -0.05) is 0 Å². The summed E-state index contributed by atoms with van der Waals surface area (Å²) in [5, 5.41) is 2.34. The highest BCUT2D eigenvalue weighted by atomic mass is 32.2. The van der Waals surface area contributed by atoms with Crippen LogP contribution in [0.15, 0.2) is 23.4 Å². The highest BCUT2D eigenvalue weighted by Crippen LogP contribution is 2.15. The first-order chi connectivity index (χ1) is 7.88. The van der Waals surface area contributed by atoms with E-state index in [2.05, 4.69) is 15.0 Å². The van der Waals surface area contributed by atoms with Crippen LogP contribution in [0.2, 0.25) is 0 Å². The van der Waals surface area contributed by atoms with E-state index in [9.17, 15) is 13.2 Å². The molecule has 0 fully saturated rings. The van der Waals surface area contributed by atoms with Gasteiger partial charge in [-0.2, -0.15) is 4.72 Å². The minimum absolute atomic E-state index is 0.0802. The van der Waals surface area contributed by atoms with E-state index in [4.69, 9.17) is 5.73 Å². The lowest BCUT2D eigenvalue weighted by molar-refractivity contribution is -0.121. The van der Waals surface area contributed by atoms with E-state index in [1.165, 1.54) is 26.2 Å². The molecule has 1 aromatic heterocycles. The smallest absolute Gasteiger partial charge is 0.244 e. The molecule has 17 heavy (non-hydrogen) atoms. The summed E-state index contributed by atoms with van der Waals surface area (Å²) < 4.78 is 25.9. The van der Waals surface area contributed by atoms with Gasteiger partial charge in [0.05, 0.1) is 11.7 Å². The average molecular weight is 258 g/mol. The van der Waals surface area contributed by atoms with Gasteiger partial charge in [0.25, 0.3) is 0 Å². The van der Waals surface area contributed by atoms with Gasteiger partial charge in [-0.05, 0) is 13.0 Å². The zero-order chi connectivity index (χ0) is 13.1. The van der Waals surface area contributed by atoms with Crippen molar-refractivity contribution in [3.63, 3.8) is 0 Å². The van der Waals surface area contributed by atoms with E-state index >= 15 is 0 Å². The number of likely N-dealkylation sites (N-methyl/N-ethyl adjacent to an activating group) is 1. The number of hydrogen-bond acceptors (Lipinski definition) is 5. The molecule has 8 heteroatoms. The van der Waals surface area contributed by atoms with E-state index in [1.54, 1.807) is 0 Å². The third kappa shape index (κ3) is 3.14. The van der Waals surface area contributed by atoms with Crippen LogP contribution in [0, 0.1) is 0 Å². The van der Waals surface area contributed by atoms with E-state index in [1.807, 2.05) is 0 Å². The minimum atomic E-state index is -3.84. The number of sulfonamides is 1. The molecule has 1 atom stereocenters. The van der Waals surface area contributed by atoms with Crippen LogP contribution >= 0.6 is 0 Å². The number of hydrogen-bond donors (Lipinski definition) is 3. The molecule has 0 radical (unpaired) electrons. The molecule has 1 rings (SSSR count). The van der Waals surface area contributed by atoms with Crippen molar-refractivity contribution in [2.24, 2.45) is 0 Å². The van der Waals surface area contributed by atoms with Crippen molar-refractivity contribution in [3.05, 3.63) is 18.5 Å². The second kappa shape index (κ2) is 5.11. The maximum atomic E-state index is 11.9. The number of aromatic nitrogens is 1. The molecule has 4 N–H and O–H groups in total. The second-order valence-electron chi connectivity index (χ2n) is 3.37. The number of nitrogens with zero attached hydrogens (tertiary/aromatic N) is 1. The lowest BCUT2D eigenvalue weighted by Crippen LogP contribution is -2.43. The maximum absolute atomic E-state index is 11.9. The van der Waals surface area contributed by atoms with Gasteiger partial charge >= 0.3 is 0 Å². The Morgan fingerprint density at radius 2 is 2.18 bits per heavy atom. The van der Waals surface area contributed by atoms with Gasteiger partial charge < -0.3 is 11.1 Å². The molecule has 0 saturated heterocycles. The fourth-order valence-corrected chi connectivity index (χ4v) is 2.46. The van der Waals surface area contributed by atoms with Crippen LogP contribution in [0.25, 0.3) is 0 Å². The van der Waals surface area contributed by atoms with Gasteiger partial charge in [0.1, 0.15) is 4.90 Å². The maximum Gasteiger partial charge on any atom is 0.244 e.